The third-order valence-electron chi connectivity index (χ3n) is 2.04. The first kappa shape index (κ1) is 13.7. The molecule has 0 saturated carbocycles. The molecule has 0 spiro atoms. The number of rotatable bonds is 8. The lowest BCUT2D eigenvalue weighted by Crippen LogP contribution is -2.17. The number of carboxylic acids is 1. The summed E-state index contributed by atoms with van der Waals surface area (Å²) in [4.78, 5) is 14.7. The lowest BCUT2D eigenvalue weighted by molar-refractivity contribution is 0.0696. The highest BCUT2D eigenvalue weighted by atomic mass is 32.2. The molecule has 1 aromatic rings. The highest BCUT2D eigenvalue weighted by Crippen LogP contribution is 2.01. The van der Waals surface area contributed by atoms with Crippen LogP contribution in [-0.4, -0.2) is 34.1 Å². The van der Waals surface area contributed by atoms with Crippen LogP contribution < -0.4 is 5.32 Å². The number of hydrogen-bond donors (Lipinski definition) is 2. The Morgan fingerprint density at radius 3 is 3.00 bits per heavy atom. The summed E-state index contributed by atoms with van der Waals surface area (Å²) in [6, 6.07) is 3.30. The van der Waals surface area contributed by atoms with Crippen LogP contribution >= 0.6 is 11.8 Å². The number of aromatic nitrogens is 1. The summed E-state index contributed by atoms with van der Waals surface area (Å²) >= 11 is 1.82. The van der Waals surface area contributed by atoms with Gasteiger partial charge in [-0.25, -0.2) is 4.79 Å². The average Bonchev–Trinajstić information content (AvgIpc) is 2.34. The van der Waals surface area contributed by atoms with Gasteiger partial charge in [-0.15, -0.1) is 6.58 Å². The van der Waals surface area contributed by atoms with Crippen LogP contribution in [0.1, 0.15) is 16.1 Å². The van der Waals surface area contributed by atoms with E-state index in [1.54, 1.807) is 12.1 Å². The highest BCUT2D eigenvalue weighted by molar-refractivity contribution is 7.99. The van der Waals surface area contributed by atoms with E-state index in [0.717, 1.165) is 23.7 Å². The predicted octanol–water partition coefficient (Wildman–Crippen LogP) is 1.79. The third kappa shape index (κ3) is 5.51. The number of nitrogens with zero attached hydrogens (tertiary/aromatic N) is 1. The number of thioether (sulfide) groups is 1. The van der Waals surface area contributed by atoms with Crippen molar-refractivity contribution in [3.05, 3.63) is 42.2 Å². The van der Waals surface area contributed by atoms with Crippen LogP contribution in [0.25, 0.3) is 0 Å². The molecule has 2 N–H and O–H groups in total. The molecule has 92 valence electrons. The molecule has 1 heterocycles. The zero-order valence-corrected chi connectivity index (χ0v) is 10.4. The van der Waals surface area contributed by atoms with E-state index in [-0.39, 0.29) is 5.56 Å². The Hall–Kier alpha value is -1.33. The first-order valence-electron chi connectivity index (χ1n) is 5.31. The molecule has 0 radical (unpaired) electrons. The minimum atomic E-state index is -0.946. The maximum atomic E-state index is 10.6. The Labute approximate surface area is 105 Å². The molecule has 0 aromatic carbocycles. The van der Waals surface area contributed by atoms with E-state index in [9.17, 15) is 4.79 Å². The molecule has 0 aliphatic heterocycles. The average molecular weight is 252 g/mol. The van der Waals surface area contributed by atoms with Gasteiger partial charge >= 0.3 is 5.97 Å². The first-order chi connectivity index (χ1) is 8.24. The van der Waals surface area contributed by atoms with Gasteiger partial charge in [0.05, 0.1) is 11.3 Å². The topological polar surface area (TPSA) is 62.2 Å². The standard InChI is InChI=1S/C12H16N2O2S/c1-2-6-17-7-5-13-9-11-4-3-10(8-14-11)12(15)16/h2-4,8,13H,1,5-7,9H2,(H,15,16). The lowest BCUT2D eigenvalue weighted by atomic mass is 10.2. The Bertz CT molecular complexity index is 365. The van der Waals surface area contributed by atoms with Crippen LogP contribution in [0.15, 0.2) is 31.0 Å². The van der Waals surface area contributed by atoms with Crippen LogP contribution in [0.4, 0.5) is 0 Å². The normalized spacial score (nSPS) is 10.1. The van der Waals surface area contributed by atoms with Crippen LogP contribution in [0.2, 0.25) is 0 Å². The van der Waals surface area contributed by atoms with Gasteiger partial charge in [-0.1, -0.05) is 6.08 Å². The minimum absolute atomic E-state index is 0.218. The van der Waals surface area contributed by atoms with E-state index in [4.69, 9.17) is 5.11 Å². The number of carbonyl (C=O) groups is 1. The molecule has 0 atom stereocenters. The van der Waals surface area contributed by atoms with Crippen LogP contribution in [-0.2, 0) is 6.54 Å². The molecular weight excluding hydrogens is 236 g/mol. The van der Waals surface area contributed by atoms with Crippen molar-refractivity contribution in [3.63, 3.8) is 0 Å². The lowest BCUT2D eigenvalue weighted by Gasteiger charge is -2.03. The summed E-state index contributed by atoms with van der Waals surface area (Å²) in [6.45, 7) is 5.21. The predicted molar refractivity (Wildman–Crippen MR) is 70.4 cm³/mol. The van der Waals surface area contributed by atoms with E-state index in [2.05, 4.69) is 16.9 Å². The molecule has 0 aliphatic rings. The van der Waals surface area contributed by atoms with Crippen LogP contribution in [0, 0.1) is 0 Å². The number of pyridine rings is 1. The summed E-state index contributed by atoms with van der Waals surface area (Å²) < 4.78 is 0. The van der Waals surface area contributed by atoms with Crippen molar-refractivity contribution in [3.8, 4) is 0 Å². The van der Waals surface area contributed by atoms with Gasteiger partial charge in [-0.3, -0.25) is 4.98 Å². The van der Waals surface area contributed by atoms with Gasteiger partial charge in [-0.2, -0.15) is 11.8 Å². The second-order valence-electron chi connectivity index (χ2n) is 3.38. The number of carboxylic acid groups (broad SMARTS) is 1. The van der Waals surface area contributed by atoms with E-state index in [1.807, 2.05) is 17.8 Å². The van der Waals surface area contributed by atoms with Crippen molar-refractivity contribution < 1.29 is 9.90 Å². The fraction of sp³-hybridized carbons (Fsp3) is 0.333. The molecule has 0 bridgehead atoms. The number of hydrogen-bond acceptors (Lipinski definition) is 4. The summed E-state index contributed by atoms with van der Waals surface area (Å²) in [6.07, 6.45) is 3.27. The largest absolute Gasteiger partial charge is 0.478 e. The third-order valence-corrected chi connectivity index (χ3v) is 3.00. The quantitative estimate of drug-likeness (QED) is 0.545. The monoisotopic (exact) mass is 252 g/mol. The van der Waals surface area contributed by atoms with Crippen molar-refractivity contribution >= 4 is 17.7 Å². The maximum absolute atomic E-state index is 10.6. The number of aromatic carboxylic acids is 1. The summed E-state index contributed by atoms with van der Waals surface area (Å²) in [7, 11) is 0. The van der Waals surface area contributed by atoms with E-state index >= 15 is 0 Å². The Morgan fingerprint density at radius 2 is 2.41 bits per heavy atom. The van der Waals surface area contributed by atoms with Gasteiger partial charge in [-0.05, 0) is 12.1 Å². The van der Waals surface area contributed by atoms with Gasteiger partial charge in [0, 0.05) is 30.8 Å². The zero-order valence-electron chi connectivity index (χ0n) is 9.56. The van der Waals surface area contributed by atoms with Gasteiger partial charge in [0.1, 0.15) is 0 Å². The van der Waals surface area contributed by atoms with E-state index in [1.165, 1.54) is 6.20 Å². The molecule has 0 fully saturated rings. The van der Waals surface area contributed by atoms with Crippen molar-refractivity contribution in [2.75, 3.05) is 18.1 Å². The Kier molecular flexibility index (Phi) is 6.35. The first-order valence-corrected chi connectivity index (χ1v) is 6.47. The molecule has 4 nitrogen and oxygen atoms in total. The second kappa shape index (κ2) is 7.86. The minimum Gasteiger partial charge on any atom is -0.478 e. The zero-order chi connectivity index (χ0) is 12.5. The SMILES string of the molecule is C=CCSCCNCc1ccc(C(=O)O)cn1. The van der Waals surface area contributed by atoms with Gasteiger partial charge in [0.25, 0.3) is 0 Å². The van der Waals surface area contributed by atoms with E-state index in [0.29, 0.717) is 6.54 Å². The van der Waals surface area contributed by atoms with Crippen molar-refractivity contribution in [2.24, 2.45) is 0 Å². The van der Waals surface area contributed by atoms with Gasteiger partial charge in [0.2, 0.25) is 0 Å². The maximum Gasteiger partial charge on any atom is 0.337 e. The van der Waals surface area contributed by atoms with Crippen LogP contribution in [0.3, 0.4) is 0 Å². The molecule has 0 saturated heterocycles. The molecule has 5 heteroatoms. The number of nitrogens with one attached hydrogen (secondary N) is 1. The molecule has 17 heavy (non-hydrogen) atoms. The molecule has 0 aliphatic carbocycles. The van der Waals surface area contributed by atoms with E-state index < -0.39 is 5.97 Å². The fourth-order valence-corrected chi connectivity index (χ4v) is 1.81. The summed E-state index contributed by atoms with van der Waals surface area (Å²) in [5, 5.41) is 12.0. The van der Waals surface area contributed by atoms with Crippen LogP contribution in [0.5, 0.6) is 0 Å². The Balaban J connectivity index is 2.23. The molecule has 1 aromatic heterocycles. The Morgan fingerprint density at radius 1 is 1.59 bits per heavy atom. The van der Waals surface area contributed by atoms with Gasteiger partial charge in [0.15, 0.2) is 0 Å². The van der Waals surface area contributed by atoms with Crippen molar-refractivity contribution in [1.29, 1.82) is 0 Å². The van der Waals surface area contributed by atoms with Crippen molar-refractivity contribution in [1.82, 2.24) is 10.3 Å². The molecule has 0 unspecified atom stereocenters. The van der Waals surface area contributed by atoms with Gasteiger partial charge < -0.3 is 10.4 Å². The van der Waals surface area contributed by atoms with Crippen molar-refractivity contribution in [2.45, 2.75) is 6.54 Å². The summed E-state index contributed by atoms with van der Waals surface area (Å²) in [5.74, 6) is 1.05. The second-order valence-corrected chi connectivity index (χ2v) is 4.53. The molecule has 0 amide bonds. The summed E-state index contributed by atoms with van der Waals surface area (Å²) in [5.41, 5.74) is 1.07. The highest BCUT2D eigenvalue weighted by Gasteiger charge is 2.02. The fourth-order valence-electron chi connectivity index (χ4n) is 1.18. The molecular formula is C12H16N2O2S. The molecule has 1 rings (SSSR count). The smallest absolute Gasteiger partial charge is 0.337 e.